The summed E-state index contributed by atoms with van der Waals surface area (Å²) in [5, 5.41) is 2.73. The summed E-state index contributed by atoms with van der Waals surface area (Å²) < 4.78 is 0. The minimum atomic E-state index is -0.826. The SMILES string of the molecule is CCc1cc2ccccc2[cH-]1.[Cl][Zr][Cl]. The molecule has 14 heavy (non-hydrogen) atoms. The number of rotatable bonds is 1. The van der Waals surface area contributed by atoms with Crippen LogP contribution in [0.25, 0.3) is 10.8 Å². The molecule has 0 atom stereocenters. The van der Waals surface area contributed by atoms with Gasteiger partial charge in [0.15, 0.2) is 0 Å². The molecule has 0 nitrogen and oxygen atoms in total. The van der Waals surface area contributed by atoms with Crippen LogP contribution in [0, 0.1) is 0 Å². The van der Waals surface area contributed by atoms with Crippen molar-refractivity contribution in [2.75, 3.05) is 0 Å². The van der Waals surface area contributed by atoms with Crippen molar-refractivity contribution in [1.82, 2.24) is 0 Å². The fourth-order valence-electron chi connectivity index (χ4n) is 1.42. The van der Waals surface area contributed by atoms with Crippen molar-refractivity contribution < 1.29 is 20.8 Å². The van der Waals surface area contributed by atoms with Crippen LogP contribution in [0.1, 0.15) is 12.5 Å². The molecule has 0 radical (unpaired) electrons. The Morgan fingerprint density at radius 2 is 1.93 bits per heavy atom. The molecule has 0 unspecified atom stereocenters. The third kappa shape index (κ3) is 3.46. The number of hydrogen-bond donors (Lipinski definition) is 0. The predicted molar refractivity (Wildman–Crippen MR) is 60.6 cm³/mol. The molecule has 0 aliphatic rings. The van der Waals surface area contributed by atoms with Crippen LogP contribution in [0.5, 0.6) is 0 Å². The first-order valence-corrected chi connectivity index (χ1v) is 10.8. The Labute approximate surface area is 103 Å². The summed E-state index contributed by atoms with van der Waals surface area (Å²) in [6.07, 6.45) is 1.13. The number of aryl methyl sites for hydroxylation is 1. The average Bonchev–Trinajstić information content (AvgIpc) is 2.61. The molecule has 0 fully saturated rings. The van der Waals surface area contributed by atoms with E-state index in [0.717, 1.165) is 6.42 Å². The van der Waals surface area contributed by atoms with Gasteiger partial charge in [0.25, 0.3) is 0 Å². The molecule has 2 rings (SSSR count). The number of halogens is 2. The van der Waals surface area contributed by atoms with Gasteiger partial charge in [0.1, 0.15) is 0 Å². The van der Waals surface area contributed by atoms with Crippen molar-refractivity contribution in [2.45, 2.75) is 13.3 Å². The summed E-state index contributed by atoms with van der Waals surface area (Å²) in [5.41, 5.74) is 1.44. The molecule has 0 amide bonds. The molecule has 0 N–H and O–H groups in total. The maximum absolute atomic E-state index is 4.93. The fraction of sp³-hybridized carbons (Fsp3) is 0.182. The molecule has 2 aromatic rings. The van der Waals surface area contributed by atoms with E-state index in [1.54, 1.807) is 0 Å². The van der Waals surface area contributed by atoms with Crippen LogP contribution in [0.15, 0.2) is 36.4 Å². The van der Waals surface area contributed by atoms with Crippen molar-refractivity contribution in [1.29, 1.82) is 0 Å². The molecule has 0 aromatic heterocycles. The molecule has 0 saturated carbocycles. The third-order valence-electron chi connectivity index (χ3n) is 2.09. The summed E-state index contributed by atoms with van der Waals surface area (Å²) in [5.74, 6) is 0. The molecule has 74 valence electrons. The number of fused-ring (bicyclic) bond motifs is 1. The molecule has 2 aromatic carbocycles. The van der Waals surface area contributed by atoms with Crippen LogP contribution in [0.3, 0.4) is 0 Å². The van der Waals surface area contributed by atoms with Crippen molar-refractivity contribution in [2.24, 2.45) is 0 Å². The van der Waals surface area contributed by atoms with E-state index in [1.165, 1.54) is 16.3 Å². The summed E-state index contributed by atoms with van der Waals surface area (Å²) in [6, 6.07) is 13.0. The maximum atomic E-state index is 4.93. The van der Waals surface area contributed by atoms with Crippen molar-refractivity contribution in [3.63, 3.8) is 0 Å². The summed E-state index contributed by atoms with van der Waals surface area (Å²) >= 11 is -0.826. The zero-order valence-electron chi connectivity index (χ0n) is 7.93. The number of hydrogen-bond acceptors (Lipinski definition) is 0. The Morgan fingerprint density at radius 1 is 1.29 bits per heavy atom. The Hall–Kier alpha value is 0.293. The van der Waals surface area contributed by atoms with Crippen LogP contribution < -0.4 is 0 Å². The van der Waals surface area contributed by atoms with Gasteiger partial charge in [0, 0.05) is 0 Å². The summed E-state index contributed by atoms with van der Waals surface area (Å²) in [6.45, 7) is 2.19. The molecule has 0 saturated heterocycles. The topological polar surface area (TPSA) is 0 Å². The normalized spacial score (nSPS) is 9.36. The van der Waals surface area contributed by atoms with E-state index in [1.807, 2.05) is 0 Å². The van der Waals surface area contributed by atoms with Crippen molar-refractivity contribution in [3.8, 4) is 0 Å². The van der Waals surface area contributed by atoms with Gasteiger partial charge >= 0.3 is 37.9 Å². The Morgan fingerprint density at radius 3 is 2.50 bits per heavy atom. The van der Waals surface area contributed by atoms with Gasteiger partial charge in [-0.05, 0) is 6.42 Å². The Kier molecular flexibility index (Phi) is 5.93. The van der Waals surface area contributed by atoms with Gasteiger partial charge in [-0.25, -0.2) is 0 Å². The first kappa shape index (κ1) is 12.4. The number of benzene rings is 1. The van der Waals surface area contributed by atoms with Gasteiger partial charge in [-0.2, -0.15) is 6.07 Å². The van der Waals surface area contributed by atoms with E-state index in [-0.39, 0.29) is 0 Å². The van der Waals surface area contributed by atoms with E-state index < -0.39 is 20.8 Å². The molecule has 0 aliphatic heterocycles. The van der Waals surface area contributed by atoms with E-state index >= 15 is 0 Å². The quantitative estimate of drug-likeness (QED) is 0.681. The first-order valence-electron chi connectivity index (χ1n) is 4.42. The standard InChI is InChI=1S/C11H11.2ClH.Zr/c1-2-9-7-10-5-3-4-6-11(10)8-9;;;/h3-8H,2H2,1H3;2*1H;/q-1;;;+2/p-2. The molecule has 0 aliphatic carbocycles. The first-order chi connectivity index (χ1) is 6.81. The van der Waals surface area contributed by atoms with E-state index in [4.69, 9.17) is 17.0 Å². The second kappa shape index (κ2) is 6.72. The van der Waals surface area contributed by atoms with Gasteiger partial charge in [-0.1, -0.05) is 13.0 Å². The van der Waals surface area contributed by atoms with Gasteiger partial charge in [-0.15, -0.1) is 40.6 Å². The van der Waals surface area contributed by atoms with Crippen LogP contribution >= 0.6 is 17.0 Å². The predicted octanol–water partition coefficient (Wildman–Crippen LogP) is 4.50. The second-order valence-electron chi connectivity index (χ2n) is 2.92. The molecular weight excluding hydrogens is 294 g/mol. The van der Waals surface area contributed by atoms with Gasteiger partial charge in [0.2, 0.25) is 0 Å². The average molecular weight is 305 g/mol. The molecule has 0 bridgehead atoms. The van der Waals surface area contributed by atoms with E-state index in [0.29, 0.717) is 0 Å². The Balaban J connectivity index is 0.000000293. The Bertz CT molecular complexity index is 348. The van der Waals surface area contributed by atoms with Crippen LogP contribution in [-0.4, -0.2) is 0 Å². The zero-order chi connectivity index (χ0) is 10.4. The van der Waals surface area contributed by atoms with Crippen molar-refractivity contribution in [3.05, 3.63) is 42.0 Å². The molecule has 0 heterocycles. The fourth-order valence-corrected chi connectivity index (χ4v) is 1.42. The van der Waals surface area contributed by atoms with Crippen LogP contribution in [-0.2, 0) is 27.3 Å². The van der Waals surface area contributed by atoms with Gasteiger partial charge < -0.3 is 0 Å². The van der Waals surface area contributed by atoms with E-state index in [9.17, 15) is 0 Å². The minimum absolute atomic E-state index is 0.826. The molecular formula is C11H11Cl2Zr-. The van der Waals surface area contributed by atoms with Crippen LogP contribution in [0.2, 0.25) is 0 Å². The molecule has 3 heteroatoms. The van der Waals surface area contributed by atoms with Crippen LogP contribution in [0.4, 0.5) is 0 Å². The van der Waals surface area contributed by atoms with Gasteiger partial charge in [0.05, 0.1) is 0 Å². The zero-order valence-corrected chi connectivity index (χ0v) is 11.9. The third-order valence-corrected chi connectivity index (χ3v) is 2.09. The van der Waals surface area contributed by atoms with E-state index in [2.05, 4.69) is 43.3 Å². The monoisotopic (exact) mass is 303 g/mol. The second-order valence-corrected chi connectivity index (χ2v) is 6.65. The van der Waals surface area contributed by atoms with Crippen molar-refractivity contribution >= 4 is 27.8 Å². The summed E-state index contributed by atoms with van der Waals surface area (Å²) in [7, 11) is 9.87. The molecule has 0 spiro atoms. The summed E-state index contributed by atoms with van der Waals surface area (Å²) in [4.78, 5) is 0. The van der Waals surface area contributed by atoms with Gasteiger partial charge in [-0.3, -0.25) is 0 Å².